The van der Waals surface area contributed by atoms with Gasteiger partial charge < -0.3 is 24.8 Å². The number of terminal acetylenes is 1. The molecule has 2 amide bonds. The van der Waals surface area contributed by atoms with E-state index in [1.54, 1.807) is 0 Å². The number of ether oxygens (including phenoxy) is 2. The second kappa shape index (κ2) is 9.57. The van der Waals surface area contributed by atoms with Crippen molar-refractivity contribution in [3.63, 3.8) is 0 Å². The summed E-state index contributed by atoms with van der Waals surface area (Å²) in [5.41, 5.74) is 2.86. The van der Waals surface area contributed by atoms with Gasteiger partial charge in [0.25, 0.3) is 0 Å². The summed E-state index contributed by atoms with van der Waals surface area (Å²) in [6.45, 7) is 1.64. The number of nitrogens with zero attached hydrogens (tertiary/aromatic N) is 1. The second-order valence-electron chi connectivity index (χ2n) is 8.57. The smallest absolute Gasteiger partial charge is 0.407 e. The molecule has 0 bridgehead atoms. The topological polar surface area (TPSA) is 105 Å². The lowest BCUT2D eigenvalue weighted by Gasteiger charge is -2.38. The van der Waals surface area contributed by atoms with Crippen LogP contribution in [0.1, 0.15) is 30.4 Å². The fourth-order valence-electron chi connectivity index (χ4n) is 4.51. The SMILES string of the molecule is C#CCC(NC(=O)OCC1c2ccccc2-c2ccccc21)C(=O)N1CCOC(C)(C(=O)O)C1. The molecule has 4 rings (SSSR count). The van der Waals surface area contributed by atoms with E-state index in [4.69, 9.17) is 15.9 Å². The Hall–Kier alpha value is -3.83. The Morgan fingerprint density at radius 1 is 1.21 bits per heavy atom. The molecule has 2 unspecified atom stereocenters. The number of benzene rings is 2. The molecule has 0 aromatic heterocycles. The Kier molecular flexibility index (Phi) is 6.57. The van der Waals surface area contributed by atoms with Crippen LogP contribution in [0.5, 0.6) is 0 Å². The molecular weight excluding hydrogens is 436 g/mol. The number of aliphatic carboxylic acids is 1. The van der Waals surface area contributed by atoms with Crippen LogP contribution in [-0.4, -0.2) is 65.9 Å². The molecule has 8 heteroatoms. The van der Waals surface area contributed by atoms with Crippen molar-refractivity contribution in [1.82, 2.24) is 10.2 Å². The molecule has 176 valence electrons. The van der Waals surface area contributed by atoms with Crippen LogP contribution in [0.4, 0.5) is 4.79 Å². The molecule has 1 saturated heterocycles. The van der Waals surface area contributed by atoms with E-state index in [2.05, 4.69) is 11.2 Å². The molecule has 34 heavy (non-hydrogen) atoms. The van der Waals surface area contributed by atoms with Crippen molar-refractivity contribution in [3.8, 4) is 23.5 Å². The monoisotopic (exact) mass is 462 g/mol. The van der Waals surface area contributed by atoms with E-state index >= 15 is 0 Å². The van der Waals surface area contributed by atoms with Crippen LogP contribution < -0.4 is 5.32 Å². The number of amides is 2. The van der Waals surface area contributed by atoms with E-state index in [-0.39, 0.29) is 38.6 Å². The molecule has 8 nitrogen and oxygen atoms in total. The number of carbonyl (C=O) groups is 3. The molecule has 2 N–H and O–H groups in total. The highest BCUT2D eigenvalue weighted by Crippen LogP contribution is 2.44. The van der Waals surface area contributed by atoms with Gasteiger partial charge in [0.1, 0.15) is 12.6 Å². The van der Waals surface area contributed by atoms with Crippen LogP contribution in [0.2, 0.25) is 0 Å². The third-order valence-electron chi connectivity index (χ3n) is 6.29. The molecule has 0 spiro atoms. The number of carbonyl (C=O) groups excluding carboxylic acids is 2. The van der Waals surface area contributed by atoms with E-state index < -0.39 is 29.6 Å². The Balaban J connectivity index is 1.42. The van der Waals surface area contributed by atoms with Crippen LogP contribution in [0.25, 0.3) is 11.1 Å². The summed E-state index contributed by atoms with van der Waals surface area (Å²) in [6.07, 6.45) is 4.61. The van der Waals surface area contributed by atoms with E-state index in [1.165, 1.54) is 11.8 Å². The Bertz CT molecular complexity index is 1110. The Morgan fingerprint density at radius 3 is 2.41 bits per heavy atom. The highest BCUT2D eigenvalue weighted by Gasteiger charge is 2.42. The summed E-state index contributed by atoms with van der Waals surface area (Å²) in [5, 5.41) is 12.0. The van der Waals surface area contributed by atoms with Gasteiger partial charge in [-0.3, -0.25) is 4.79 Å². The third-order valence-corrected chi connectivity index (χ3v) is 6.29. The lowest BCUT2D eigenvalue weighted by molar-refractivity contribution is -0.177. The molecule has 1 heterocycles. The van der Waals surface area contributed by atoms with Crippen LogP contribution in [-0.2, 0) is 19.1 Å². The molecule has 2 aliphatic rings. The maximum atomic E-state index is 13.0. The lowest BCUT2D eigenvalue weighted by atomic mass is 9.98. The van der Waals surface area contributed by atoms with Gasteiger partial charge in [-0.05, 0) is 29.2 Å². The predicted molar refractivity (Wildman–Crippen MR) is 124 cm³/mol. The highest BCUT2D eigenvalue weighted by molar-refractivity contribution is 5.87. The maximum Gasteiger partial charge on any atom is 0.407 e. The van der Waals surface area contributed by atoms with E-state index in [9.17, 15) is 19.5 Å². The molecule has 1 fully saturated rings. The molecule has 0 saturated carbocycles. The zero-order valence-electron chi connectivity index (χ0n) is 18.8. The largest absolute Gasteiger partial charge is 0.479 e. The minimum atomic E-state index is -1.52. The summed E-state index contributed by atoms with van der Waals surface area (Å²) < 4.78 is 10.9. The average molecular weight is 463 g/mol. The van der Waals surface area contributed by atoms with Gasteiger partial charge in [-0.1, -0.05) is 48.5 Å². The first-order valence-corrected chi connectivity index (χ1v) is 11.0. The standard InChI is InChI=1S/C26H26N2O6/c1-3-8-22(23(29)28-13-14-34-26(2,16-28)24(30)31)27-25(32)33-15-21-19-11-6-4-9-17(19)18-10-5-7-12-20(18)21/h1,4-7,9-12,21-22H,8,13-16H2,2H3,(H,27,32)(H,30,31). The maximum absolute atomic E-state index is 13.0. The lowest BCUT2D eigenvalue weighted by Crippen LogP contribution is -2.59. The minimum absolute atomic E-state index is 0.0514. The van der Waals surface area contributed by atoms with Crippen LogP contribution in [0, 0.1) is 12.3 Å². The number of fused-ring (bicyclic) bond motifs is 3. The number of nitrogens with one attached hydrogen (secondary N) is 1. The van der Waals surface area contributed by atoms with Gasteiger partial charge in [-0.25, -0.2) is 9.59 Å². The Labute approximate surface area is 197 Å². The van der Waals surface area contributed by atoms with Gasteiger partial charge in [0.2, 0.25) is 5.91 Å². The van der Waals surface area contributed by atoms with Crippen LogP contribution in [0.15, 0.2) is 48.5 Å². The summed E-state index contributed by atoms with van der Waals surface area (Å²) >= 11 is 0. The van der Waals surface area contributed by atoms with Gasteiger partial charge in [0.05, 0.1) is 13.2 Å². The van der Waals surface area contributed by atoms with Gasteiger partial charge in [-0.2, -0.15) is 0 Å². The molecule has 1 aliphatic carbocycles. The summed E-state index contributed by atoms with van der Waals surface area (Å²) in [6, 6.07) is 14.9. The van der Waals surface area contributed by atoms with Crippen molar-refractivity contribution in [3.05, 3.63) is 59.7 Å². The van der Waals surface area contributed by atoms with Crippen LogP contribution >= 0.6 is 0 Å². The van der Waals surface area contributed by atoms with Gasteiger partial charge in [-0.15, -0.1) is 12.3 Å². The summed E-state index contributed by atoms with van der Waals surface area (Å²) in [5.74, 6) is 0.645. The molecule has 2 atom stereocenters. The molecule has 0 radical (unpaired) electrons. The van der Waals surface area contributed by atoms with Crippen molar-refractivity contribution in [2.45, 2.75) is 30.9 Å². The molecular formula is C26H26N2O6. The number of carboxylic acid groups (broad SMARTS) is 1. The van der Waals surface area contributed by atoms with Crippen molar-refractivity contribution in [2.75, 3.05) is 26.3 Å². The normalized spacial score (nSPS) is 19.9. The fraction of sp³-hybridized carbons (Fsp3) is 0.346. The van der Waals surface area contributed by atoms with Gasteiger partial charge in [0.15, 0.2) is 5.60 Å². The number of alkyl carbamates (subject to hydrolysis) is 1. The third kappa shape index (κ3) is 4.47. The van der Waals surface area contributed by atoms with Crippen molar-refractivity contribution in [1.29, 1.82) is 0 Å². The zero-order chi connectivity index (χ0) is 24.3. The molecule has 2 aromatic carbocycles. The first kappa shape index (κ1) is 23.3. The van der Waals surface area contributed by atoms with E-state index in [0.717, 1.165) is 22.3 Å². The number of rotatable bonds is 6. The zero-order valence-corrected chi connectivity index (χ0v) is 18.8. The summed E-state index contributed by atoms with van der Waals surface area (Å²) in [4.78, 5) is 38.5. The minimum Gasteiger partial charge on any atom is -0.479 e. The van der Waals surface area contributed by atoms with E-state index in [1.807, 2.05) is 48.5 Å². The number of morpholine rings is 1. The van der Waals surface area contributed by atoms with Crippen molar-refractivity contribution >= 4 is 18.0 Å². The van der Waals surface area contributed by atoms with Gasteiger partial charge in [0, 0.05) is 18.9 Å². The molecule has 1 aliphatic heterocycles. The Morgan fingerprint density at radius 2 is 1.82 bits per heavy atom. The van der Waals surface area contributed by atoms with Gasteiger partial charge >= 0.3 is 12.1 Å². The first-order valence-electron chi connectivity index (χ1n) is 11.0. The predicted octanol–water partition coefficient (Wildman–Crippen LogP) is 2.62. The average Bonchev–Trinajstić information content (AvgIpc) is 3.16. The van der Waals surface area contributed by atoms with Crippen molar-refractivity contribution < 1.29 is 29.0 Å². The number of carboxylic acids is 1. The first-order chi connectivity index (χ1) is 16.3. The number of hydrogen-bond acceptors (Lipinski definition) is 5. The van der Waals surface area contributed by atoms with Crippen molar-refractivity contribution in [2.24, 2.45) is 0 Å². The summed E-state index contributed by atoms with van der Waals surface area (Å²) in [7, 11) is 0. The fourth-order valence-corrected chi connectivity index (χ4v) is 4.51. The highest BCUT2D eigenvalue weighted by atomic mass is 16.5. The molecule has 2 aromatic rings. The second-order valence-corrected chi connectivity index (χ2v) is 8.57. The number of hydrogen-bond donors (Lipinski definition) is 2. The quantitative estimate of drug-likeness (QED) is 0.640. The van der Waals surface area contributed by atoms with Crippen LogP contribution in [0.3, 0.4) is 0 Å². The van der Waals surface area contributed by atoms with E-state index in [0.29, 0.717) is 0 Å².